The molecule has 1 aromatic rings. The zero-order valence-electron chi connectivity index (χ0n) is 9.51. The van der Waals surface area contributed by atoms with Crippen LogP contribution in [-0.4, -0.2) is 38.9 Å². The summed E-state index contributed by atoms with van der Waals surface area (Å²) in [6, 6.07) is 0. The van der Waals surface area contributed by atoms with Gasteiger partial charge in [0.25, 0.3) is 0 Å². The molecule has 0 atom stereocenters. The van der Waals surface area contributed by atoms with Crippen molar-refractivity contribution in [2.45, 2.75) is 19.9 Å². The summed E-state index contributed by atoms with van der Waals surface area (Å²) >= 11 is 4.76. The number of imidazole rings is 1. The third kappa shape index (κ3) is 3.62. The van der Waals surface area contributed by atoms with Crippen LogP contribution in [-0.2, 0) is 11.3 Å². The van der Waals surface area contributed by atoms with Crippen LogP contribution in [0.5, 0.6) is 0 Å². The number of likely N-dealkylation sites (N-methyl/N-ethyl adjacent to an activating group) is 1. The van der Waals surface area contributed by atoms with E-state index in [1.165, 1.54) is 0 Å². The molecule has 0 aliphatic rings. The largest absolute Gasteiger partial charge is 0.393 e. The van der Waals surface area contributed by atoms with Gasteiger partial charge in [0.15, 0.2) is 0 Å². The SMILES string of the molecule is Cc1nccn1CC(=O)N(C)CCC(N)=S. The molecule has 0 spiro atoms. The van der Waals surface area contributed by atoms with E-state index in [4.69, 9.17) is 18.0 Å². The summed E-state index contributed by atoms with van der Waals surface area (Å²) in [5, 5.41) is 0. The number of aryl methyl sites for hydroxylation is 1. The number of aromatic nitrogens is 2. The molecular formula is C10H16N4OS. The maximum absolute atomic E-state index is 11.8. The number of hydrogen-bond donors (Lipinski definition) is 1. The molecule has 0 fully saturated rings. The second-order valence-electron chi connectivity index (χ2n) is 3.63. The van der Waals surface area contributed by atoms with Gasteiger partial charge in [0, 0.05) is 32.4 Å². The molecule has 1 rings (SSSR count). The average Bonchev–Trinajstić information content (AvgIpc) is 2.60. The second kappa shape index (κ2) is 5.60. The number of nitrogens with two attached hydrogens (primary N) is 1. The van der Waals surface area contributed by atoms with Crippen molar-refractivity contribution in [1.82, 2.24) is 14.5 Å². The van der Waals surface area contributed by atoms with Gasteiger partial charge in [-0.05, 0) is 6.92 Å². The minimum absolute atomic E-state index is 0.0253. The fraction of sp³-hybridized carbons (Fsp3) is 0.500. The van der Waals surface area contributed by atoms with E-state index in [0.717, 1.165) is 5.82 Å². The van der Waals surface area contributed by atoms with Crippen LogP contribution in [0.1, 0.15) is 12.2 Å². The maximum Gasteiger partial charge on any atom is 0.242 e. The van der Waals surface area contributed by atoms with Crippen LogP contribution in [0.25, 0.3) is 0 Å². The van der Waals surface area contributed by atoms with Crippen molar-refractivity contribution in [2.24, 2.45) is 5.73 Å². The molecule has 0 radical (unpaired) electrons. The number of carbonyl (C=O) groups excluding carboxylic acids is 1. The standard InChI is InChI=1S/C10H16N4OS/c1-8-12-4-6-14(8)7-10(15)13(2)5-3-9(11)16/h4,6H,3,5,7H2,1-2H3,(H2,11,16). The van der Waals surface area contributed by atoms with Gasteiger partial charge >= 0.3 is 0 Å². The lowest BCUT2D eigenvalue weighted by molar-refractivity contribution is -0.130. The molecule has 0 bridgehead atoms. The van der Waals surface area contributed by atoms with E-state index in [9.17, 15) is 4.79 Å². The molecular weight excluding hydrogens is 224 g/mol. The first-order valence-electron chi connectivity index (χ1n) is 5.00. The Kier molecular flexibility index (Phi) is 4.42. The minimum Gasteiger partial charge on any atom is -0.393 e. The van der Waals surface area contributed by atoms with Crippen LogP contribution in [0.3, 0.4) is 0 Å². The first kappa shape index (κ1) is 12.6. The summed E-state index contributed by atoms with van der Waals surface area (Å²) in [7, 11) is 1.74. The summed E-state index contributed by atoms with van der Waals surface area (Å²) in [6.07, 6.45) is 4.02. The number of carbonyl (C=O) groups is 1. The third-order valence-electron chi connectivity index (χ3n) is 2.35. The lowest BCUT2D eigenvalue weighted by Gasteiger charge is -2.17. The topological polar surface area (TPSA) is 64.2 Å². The van der Waals surface area contributed by atoms with Crippen LogP contribution in [0.4, 0.5) is 0 Å². The van der Waals surface area contributed by atoms with Crippen LogP contribution in [0.2, 0.25) is 0 Å². The fourth-order valence-electron chi connectivity index (χ4n) is 1.24. The molecule has 1 heterocycles. The molecule has 0 saturated carbocycles. The predicted octanol–water partition coefficient (Wildman–Crippen LogP) is 0.326. The summed E-state index contributed by atoms with van der Waals surface area (Å²) in [6.45, 7) is 2.73. The summed E-state index contributed by atoms with van der Waals surface area (Å²) in [4.78, 5) is 17.9. The Morgan fingerprint density at radius 3 is 2.88 bits per heavy atom. The van der Waals surface area contributed by atoms with Crippen molar-refractivity contribution in [3.63, 3.8) is 0 Å². The van der Waals surface area contributed by atoms with Gasteiger partial charge in [0.1, 0.15) is 12.4 Å². The van der Waals surface area contributed by atoms with Crippen LogP contribution >= 0.6 is 12.2 Å². The highest BCUT2D eigenvalue weighted by atomic mass is 32.1. The van der Waals surface area contributed by atoms with Gasteiger partial charge in [-0.25, -0.2) is 4.98 Å². The van der Waals surface area contributed by atoms with Crippen molar-refractivity contribution in [3.05, 3.63) is 18.2 Å². The molecule has 1 aromatic heterocycles. The van der Waals surface area contributed by atoms with Crippen molar-refractivity contribution < 1.29 is 4.79 Å². The van der Waals surface area contributed by atoms with Gasteiger partial charge in [-0.3, -0.25) is 4.79 Å². The smallest absolute Gasteiger partial charge is 0.242 e. The average molecular weight is 240 g/mol. The quantitative estimate of drug-likeness (QED) is 0.753. The fourth-order valence-corrected chi connectivity index (χ4v) is 1.33. The first-order chi connectivity index (χ1) is 7.50. The zero-order chi connectivity index (χ0) is 12.1. The summed E-state index contributed by atoms with van der Waals surface area (Å²) < 4.78 is 1.81. The van der Waals surface area contributed by atoms with Gasteiger partial charge < -0.3 is 15.2 Å². The van der Waals surface area contributed by atoms with Gasteiger partial charge in [-0.15, -0.1) is 0 Å². The number of thiocarbonyl (C=S) groups is 1. The van der Waals surface area contributed by atoms with E-state index in [1.807, 2.05) is 6.92 Å². The summed E-state index contributed by atoms with van der Waals surface area (Å²) in [5.74, 6) is 0.855. The molecule has 6 heteroatoms. The molecule has 16 heavy (non-hydrogen) atoms. The maximum atomic E-state index is 11.8. The van der Waals surface area contributed by atoms with Crippen molar-refractivity contribution in [1.29, 1.82) is 0 Å². The lowest BCUT2D eigenvalue weighted by Crippen LogP contribution is -2.32. The van der Waals surface area contributed by atoms with E-state index in [2.05, 4.69) is 4.98 Å². The molecule has 5 nitrogen and oxygen atoms in total. The number of nitrogens with zero attached hydrogens (tertiary/aromatic N) is 3. The number of rotatable bonds is 5. The van der Waals surface area contributed by atoms with Crippen molar-refractivity contribution in [2.75, 3.05) is 13.6 Å². The predicted molar refractivity (Wildman–Crippen MR) is 66.0 cm³/mol. The Hall–Kier alpha value is -1.43. The molecule has 0 saturated heterocycles. The Bertz CT molecular complexity index is 388. The molecule has 88 valence electrons. The Morgan fingerprint density at radius 2 is 2.38 bits per heavy atom. The van der Waals surface area contributed by atoms with E-state index >= 15 is 0 Å². The van der Waals surface area contributed by atoms with Gasteiger partial charge in [0.2, 0.25) is 5.91 Å². The summed E-state index contributed by atoms with van der Waals surface area (Å²) in [5.41, 5.74) is 5.38. The number of hydrogen-bond acceptors (Lipinski definition) is 3. The normalized spacial score (nSPS) is 10.1. The molecule has 0 unspecified atom stereocenters. The van der Waals surface area contributed by atoms with E-state index in [1.54, 1.807) is 28.9 Å². The lowest BCUT2D eigenvalue weighted by atomic mass is 10.4. The van der Waals surface area contributed by atoms with Gasteiger partial charge in [-0.2, -0.15) is 0 Å². The monoisotopic (exact) mass is 240 g/mol. The third-order valence-corrected chi connectivity index (χ3v) is 2.55. The van der Waals surface area contributed by atoms with E-state index in [0.29, 0.717) is 24.5 Å². The Labute approximate surface area is 100 Å². The van der Waals surface area contributed by atoms with E-state index < -0.39 is 0 Å². The second-order valence-corrected chi connectivity index (χ2v) is 4.16. The molecule has 0 aliphatic heterocycles. The molecule has 0 aromatic carbocycles. The highest BCUT2D eigenvalue weighted by Gasteiger charge is 2.10. The van der Waals surface area contributed by atoms with Crippen LogP contribution in [0.15, 0.2) is 12.4 Å². The van der Waals surface area contributed by atoms with E-state index in [-0.39, 0.29) is 5.91 Å². The highest BCUT2D eigenvalue weighted by molar-refractivity contribution is 7.80. The molecule has 2 N–H and O–H groups in total. The number of amides is 1. The zero-order valence-corrected chi connectivity index (χ0v) is 10.3. The van der Waals surface area contributed by atoms with Crippen LogP contribution in [0, 0.1) is 6.92 Å². The Balaban J connectivity index is 2.46. The highest BCUT2D eigenvalue weighted by Crippen LogP contribution is 1.98. The van der Waals surface area contributed by atoms with Crippen molar-refractivity contribution >= 4 is 23.1 Å². The van der Waals surface area contributed by atoms with Crippen molar-refractivity contribution in [3.8, 4) is 0 Å². The molecule has 0 aliphatic carbocycles. The first-order valence-corrected chi connectivity index (χ1v) is 5.41. The van der Waals surface area contributed by atoms with Gasteiger partial charge in [0.05, 0.1) is 4.99 Å². The minimum atomic E-state index is 0.0253. The van der Waals surface area contributed by atoms with Crippen LogP contribution < -0.4 is 5.73 Å². The Morgan fingerprint density at radius 1 is 1.69 bits per heavy atom. The molecule has 1 amide bonds. The van der Waals surface area contributed by atoms with Gasteiger partial charge in [-0.1, -0.05) is 12.2 Å².